The highest BCUT2D eigenvalue weighted by molar-refractivity contribution is 7.99. The number of carbonyl (C=O) groups is 1. The monoisotopic (exact) mass is 495 g/mol. The van der Waals surface area contributed by atoms with Crippen LogP contribution in [0.5, 0.6) is 11.5 Å². The van der Waals surface area contributed by atoms with Crippen LogP contribution in [-0.2, 0) is 4.79 Å². The Morgan fingerprint density at radius 3 is 2.66 bits per heavy atom. The quantitative estimate of drug-likeness (QED) is 0.270. The van der Waals surface area contributed by atoms with Gasteiger partial charge in [0.1, 0.15) is 11.5 Å². The van der Waals surface area contributed by atoms with Crippen molar-refractivity contribution in [3.8, 4) is 22.8 Å². The van der Waals surface area contributed by atoms with Crippen LogP contribution >= 0.6 is 11.8 Å². The molecule has 0 spiro atoms. The SMILES string of the molecule is CCCCCCSc1n[n+]2c(c(=O)[nH]1)-c1ccccc1N(C(C)=O)C2c1ccc(OC)cc1OC. The van der Waals surface area contributed by atoms with Gasteiger partial charge in [-0.2, -0.15) is 0 Å². The van der Waals surface area contributed by atoms with Crippen molar-refractivity contribution in [3.05, 3.63) is 58.4 Å². The normalized spacial score (nSPS) is 14.3. The van der Waals surface area contributed by atoms with Gasteiger partial charge in [-0.3, -0.25) is 14.6 Å². The van der Waals surface area contributed by atoms with Crippen molar-refractivity contribution in [2.45, 2.75) is 50.9 Å². The number of ether oxygens (including phenoxy) is 2. The van der Waals surface area contributed by atoms with Gasteiger partial charge in [-0.05, 0) is 35.4 Å². The zero-order valence-corrected chi connectivity index (χ0v) is 21.4. The van der Waals surface area contributed by atoms with Crippen LogP contribution < -0.4 is 24.6 Å². The van der Waals surface area contributed by atoms with Gasteiger partial charge in [-0.25, -0.2) is 4.90 Å². The number of aromatic nitrogens is 3. The minimum absolute atomic E-state index is 0.172. The number of aromatic amines is 1. The third-order valence-corrected chi connectivity index (χ3v) is 7.00. The molecule has 0 aliphatic carbocycles. The topological polar surface area (TPSA) is 88.4 Å². The second-order valence-electron chi connectivity index (χ2n) is 8.35. The first-order valence-corrected chi connectivity index (χ1v) is 12.8. The summed E-state index contributed by atoms with van der Waals surface area (Å²) in [5, 5.41) is 5.37. The lowest BCUT2D eigenvalue weighted by Gasteiger charge is -2.31. The lowest BCUT2D eigenvalue weighted by Crippen LogP contribution is -2.60. The maximum Gasteiger partial charge on any atom is 0.325 e. The maximum atomic E-state index is 13.4. The Kier molecular flexibility index (Phi) is 7.75. The third-order valence-electron chi connectivity index (χ3n) is 6.05. The first-order valence-electron chi connectivity index (χ1n) is 11.8. The Balaban J connectivity index is 1.89. The summed E-state index contributed by atoms with van der Waals surface area (Å²) in [6, 6.07) is 12.8. The van der Waals surface area contributed by atoms with Crippen LogP contribution in [0.25, 0.3) is 11.3 Å². The molecule has 1 N–H and O–H groups in total. The lowest BCUT2D eigenvalue weighted by molar-refractivity contribution is -0.763. The van der Waals surface area contributed by atoms with Gasteiger partial charge in [0, 0.05) is 23.8 Å². The van der Waals surface area contributed by atoms with Gasteiger partial charge >= 0.3 is 11.3 Å². The first kappa shape index (κ1) is 24.8. The summed E-state index contributed by atoms with van der Waals surface area (Å²) in [6.45, 7) is 3.69. The van der Waals surface area contributed by atoms with Crippen LogP contribution in [0, 0.1) is 0 Å². The number of hydrogen-bond donors (Lipinski definition) is 1. The molecule has 0 saturated heterocycles. The Morgan fingerprint density at radius 1 is 1.14 bits per heavy atom. The fourth-order valence-corrected chi connectivity index (χ4v) is 5.24. The summed E-state index contributed by atoms with van der Waals surface area (Å²) in [7, 11) is 3.16. The van der Waals surface area contributed by atoms with E-state index in [1.807, 2.05) is 36.4 Å². The highest BCUT2D eigenvalue weighted by Gasteiger charge is 2.46. The number of para-hydroxylation sites is 1. The average molecular weight is 496 g/mol. The van der Waals surface area contributed by atoms with Gasteiger partial charge in [0.15, 0.2) is 0 Å². The second kappa shape index (κ2) is 10.9. The van der Waals surface area contributed by atoms with E-state index in [0.717, 1.165) is 18.6 Å². The molecule has 1 atom stereocenters. The van der Waals surface area contributed by atoms with E-state index < -0.39 is 6.17 Å². The molecule has 8 nitrogen and oxygen atoms in total. The minimum atomic E-state index is -0.708. The number of carbonyl (C=O) groups excluding carboxylic acids is 1. The molecule has 0 radical (unpaired) electrons. The zero-order chi connectivity index (χ0) is 24.9. The van der Waals surface area contributed by atoms with E-state index in [9.17, 15) is 9.59 Å². The molecule has 2 aromatic carbocycles. The van der Waals surface area contributed by atoms with E-state index in [1.54, 1.807) is 29.9 Å². The number of unbranched alkanes of at least 4 members (excludes halogenated alkanes) is 3. The number of methoxy groups -OCH3 is 2. The number of benzene rings is 2. The van der Waals surface area contributed by atoms with Crippen LogP contribution in [0.3, 0.4) is 0 Å². The van der Waals surface area contributed by atoms with Gasteiger partial charge in [0.25, 0.3) is 6.17 Å². The number of H-pyrrole nitrogens is 1. The Morgan fingerprint density at radius 2 is 1.94 bits per heavy atom. The minimum Gasteiger partial charge on any atom is -0.497 e. The number of rotatable bonds is 9. The molecule has 9 heteroatoms. The van der Waals surface area contributed by atoms with Crippen molar-refractivity contribution in [1.82, 2.24) is 10.1 Å². The molecule has 2 heterocycles. The van der Waals surface area contributed by atoms with Gasteiger partial charge < -0.3 is 9.47 Å². The van der Waals surface area contributed by atoms with Crippen molar-refractivity contribution in [2.75, 3.05) is 24.9 Å². The van der Waals surface area contributed by atoms with E-state index in [4.69, 9.17) is 14.6 Å². The highest BCUT2D eigenvalue weighted by atomic mass is 32.2. The number of nitrogens with zero attached hydrogens (tertiary/aromatic N) is 3. The van der Waals surface area contributed by atoms with Gasteiger partial charge in [0.2, 0.25) is 11.1 Å². The molecule has 1 amide bonds. The summed E-state index contributed by atoms with van der Waals surface area (Å²) in [6.07, 6.45) is 3.83. The molecule has 1 aliphatic rings. The van der Waals surface area contributed by atoms with Crippen molar-refractivity contribution in [2.24, 2.45) is 0 Å². The molecule has 0 saturated carbocycles. The lowest BCUT2D eigenvalue weighted by atomic mass is 10.0. The van der Waals surface area contributed by atoms with Crippen molar-refractivity contribution in [1.29, 1.82) is 0 Å². The molecule has 35 heavy (non-hydrogen) atoms. The highest BCUT2D eigenvalue weighted by Crippen LogP contribution is 2.40. The molecule has 1 aromatic heterocycles. The number of anilines is 1. The molecule has 0 fully saturated rings. The Hall–Kier alpha value is -3.33. The Labute approximate surface area is 209 Å². The first-order chi connectivity index (χ1) is 17.0. The van der Waals surface area contributed by atoms with E-state index in [-0.39, 0.29) is 11.5 Å². The summed E-state index contributed by atoms with van der Waals surface area (Å²) >= 11 is 1.52. The summed E-state index contributed by atoms with van der Waals surface area (Å²) in [5.41, 5.74) is 2.15. The van der Waals surface area contributed by atoms with Crippen molar-refractivity contribution in [3.63, 3.8) is 0 Å². The van der Waals surface area contributed by atoms with Gasteiger partial charge in [-0.15, -0.1) is 0 Å². The van der Waals surface area contributed by atoms with Crippen LogP contribution in [0.15, 0.2) is 52.4 Å². The number of thioether (sulfide) groups is 1. The fourth-order valence-electron chi connectivity index (χ4n) is 4.39. The largest absolute Gasteiger partial charge is 0.497 e. The number of nitrogens with one attached hydrogen (secondary N) is 1. The molecule has 4 rings (SSSR count). The second-order valence-corrected chi connectivity index (χ2v) is 9.43. The van der Waals surface area contributed by atoms with Crippen LogP contribution in [0.2, 0.25) is 0 Å². The maximum absolute atomic E-state index is 13.4. The molecule has 184 valence electrons. The summed E-state index contributed by atoms with van der Waals surface area (Å²) in [4.78, 5) is 31.1. The van der Waals surface area contributed by atoms with Crippen molar-refractivity contribution < 1.29 is 19.0 Å². The predicted molar refractivity (Wildman–Crippen MR) is 136 cm³/mol. The Bertz CT molecular complexity index is 1280. The van der Waals surface area contributed by atoms with E-state index >= 15 is 0 Å². The molecular formula is C26H31N4O4S+. The summed E-state index contributed by atoms with van der Waals surface area (Å²) in [5.74, 6) is 1.85. The standard InChI is InChI=1S/C26H30N4O4S/c1-5-6-7-10-15-35-26-27-24(32)23-19-11-8-9-12-21(19)29(17(2)31)25(30(23)28-26)20-14-13-18(33-3)16-22(20)34-4/h8-9,11-14,16,25H,5-7,10,15H2,1-4H3/p+1. The third kappa shape index (κ3) is 4.91. The average Bonchev–Trinajstić information content (AvgIpc) is 2.87. The number of hydrogen-bond acceptors (Lipinski definition) is 6. The van der Waals surface area contributed by atoms with E-state index in [2.05, 4.69) is 11.9 Å². The summed E-state index contributed by atoms with van der Waals surface area (Å²) < 4.78 is 12.7. The fraction of sp³-hybridized carbons (Fsp3) is 0.385. The van der Waals surface area contributed by atoms with Gasteiger partial charge in [-0.1, -0.05) is 50.1 Å². The van der Waals surface area contributed by atoms with Crippen LogP contribution in [0.4, 0.5) is 5.69 Å². The number of fused-ring (bicyclic) bond motifs is 3. The molecule has 3 aromatic rings. The van der Waals surface area contributed by atoms with Crippen LogP contribution in [0.1, 0.15) is 51.3 Å². The van der Waals surface area contributed by atoms with E-state index in [1.165, 1.54) is 31.5 Å². The number of amides is 1. The smallest absolute Gasteiger partial charge is 0.325 e. The van der Waals surface area contributed by atoms with Crippen molar-refractivity contribution >= 4 is 23.4 Å². The molecule has 0 bridgehead atoms. The molecular weight excluding hydrogens is 464 g/mol. The molecule has 1 aliphatic heterocycles. The predicted octanol–water partition coefficient (Wildman–Crippen LogP) is 4.33. The van der Waals surface area contributed by atoms with E-state index in [0.29, 0.717) is 39.2 Å². The van der Waals surface area contributed by atoms with Crippen LogP contribution in [-0.4, -0.2) is 36.0 Å². The van der Waals surface area contributed by atoms with Gasteiger partial charge in [0.05, 0.1) is 31.0 Å². The zero-order valence-electron chi connectivity index (χ0n) is 20.5. The molecule has 1 unspecified atom stereocenters.